The first-order chi connectivity index (χ1) is 5.86. The van der Waals surface area contributed by atoms with E-state index in [9.17, 15) is 0 Å². The summed E-state index contributed by atoms with van der Waals surface area (Å²) in [4.78, 5) is 0. The third kappa shape index (κ3) is 1.51. The second kappa shape index (κ2) is 3.28. The molecule has 0 bridgehead atoms. The summed E-state index contributed by atoms with van der Waals surface area (Å²) in [5, 5.41) is 0. The molecule has 12 heavy (non-hydrogen) atoms. The molecule has 1 atom stereocenters. The van der Waals surface area contributed by atoms with Crippen molar-refractivity contribution < 1.29 is 0 Å². The van der Waals surface area contributed by atoms with Gasteiger partial charge in [0.25, 0.3) is 0 Å². The van der Waals surface area contributed by atoms with Gasteiger partial charge in [-0.15, -0.1) is 0 Å². The van der Waals surface area contributed by atoms with Crippen molar-refractivity contribution in [2.75, 3.05) is 0 Å². The Balaban J connectivity index is 2.22. The van der Waals surface area contributed by atoms with Crippen LogP contribution in [-0.4, -0.2) is 6.04 Å². The Bertz CT molecular complexity index is 258. The molecule has 1 heteroatoms. The van der Waals surface area contributed by atoms with Gasteiger partial charge in [0, 0.05) is 6.04 Å². The number of rotatable bonds is 0. The highest BCUT2D eigenvalue weighted by Crippen LogP contribution is 2.29. The fourth-order valence-electron chi connectivity index (χ4n) is 1.96. The maximum atomic E-state index is 5.90. The summed E-state index contributed by atoms with van der Waals surface area (Å²) in [6.07, 6.45) is 13.3. The lowest BCUT2D eigenvalue weighted by molar-refractivity contribution is 0.711. The number of allylic oxidation sites excluding steroid dienone is 4. The van der Waals surface area contributed by atoms with Crippen LogP contribution < -0.4 is 5.73 Å². The standard InChI is InChI=1S/C11H15N/c12-11-7-9-5-3-1-2-4-6-10(9)8-11/h1,3-4,6,11H,2,5,7-8,12H2/b3-1-,6-4-. The largest absolute Gasteiger partial charge is 0.327 e. The smallest absolute Gasteiger partial charge is 0.0117 e. The van der Waals surface area contributed by atoms with Crippen LogP contribution in [0.5, 0.6) is 0 Å². The zero-order valence-corrected chi connectivity index (χ0v) is 7.29. The maximum absolute atomic E-state index is 5.90. The minimum Gasteiger partial charge on any atom is -0.327 e. The van der Waals surface area contributed by atoms with Crippen molar-refractivity contribution in [3.63, 3.8) is 0 Å². The molecular formula is C11H15N. The van der Waals surface area contributed by atoms with Gasteiger partial charge in [-0.05, 0) is 31.3 Å². The third-order valence-electron chi connectivity index (χ3n) is 2.57. The van der Waals surface area contributed by atoms with Crippen LogP contribution in [-0.2, 0) is 0 Å². The molecule has 2 aliphatic rings. The number of hydrogen-bond donors (Lipinski definition) is 1. The summed E-state index contributed by atoms with van der Waals surface area (Å²) < 4.78 is 0. The zero-order chi connectivity index (χ0) is 8.39. The summed E-state index contributed by atoms with van der Waals surface area (Å²) in [6.45, 7) is 0. The first-order valence-corrected chi connectivity index (χ1v) is 4.64. The molecule has 0 saturated carbocycles. The van der Waals surface area contributed by atoms with Gasteiger partial charge in [-0.25, -0.2) is 0 Å². The molecule has 2 aliphatic carbocycles. The third-order valence-corrected chi connectivity index (χ3v) is 2.57. The topological polar surface area (TPSA) is 26.0 Å². The Morgan fingerprint density at radius 2 is 2.08 bits per heavy atom. The number of hydrogen-bond acceptors (Lipinski definition) is 1. The molecule has 0 aromatic carbocycles. The quantitative estimate of drug-likeness (QED) is 0.542. The van der Waals surface area contributed by atoms with E-state index in [1.165, 1.54) is 5.57 Å². The highest BCUT2D eigenvalue weighted by atomic mass is 14.6. The van der Waals surface area contributed by atoms with Crippen LogP contribution in [0.25, 0.3) is 0 Å². The van der Waals surface area contributed by atoms with Crippen molar-refractivity contribution >= 4 is 0 Å². The van der Waals surface area contributed by atoms with E-state index in [4.69, 9.17) is 5.73 Å². The van der Waals surface area contributed by atoms with Gasteiger partial charge in [0.15, 0.2) is 0 Å². The first-order valence-electron chi connectivity index (χ1n) is 4.64. The van der Waals surface area contributed by atoms with E-state index in [1.54, 1.807) is 5.57 Å². The summed E-state index contributed by atoms with van der Waals surface area (Å²) in [7, 11) is 0. The van der Waals surface area contributed by atoms with E-state index in [1.807, 2.05) is 0 Å². The highest BCUT2D eigenvalue weighted by molar-refractivity contribution is 5.34. The molecule has 0 radical (unpaired) electrons. The van der Waals surface area contributed by atoms with Crippen LogP contribution in [0.4, 0.5) is 0 Å². The van der Waals surface area contributed by atoms with E-state index in [-0.39, 0.29) is 0 Å². The van der Waals surface area contributed by atoms with E-state index >= 15 is 0 Å². The normalized spacial score (nSPS) is 33.9. The van der Waals surface area contributed by atoms with Gasteiger partial charge < -0.3 is 5.73 Å². The van der Waals surface area contributed by atoms with Gasteiger partial charge >= 0.3 is 0 Å². The predicted octanol–water partition coefficient (Wildman–Crippen LogP) is 2.31. The molecule has 0 aliphatic heterocycles. The molecule has 1 nitrogen and oxygen atoms in total. The van der Waals surface area contributed by atoms with Crippen LogP contribution in [0.15, 0.2) is 35.5 Å². The fraction of sp³-hybridized carbons (Fsp3) is 0.455. The average Bonchev–Trinajstić information content (AvgIpc) is 2.32. The Morgan fingerprint density at radius 1 is 1.17 bits per heavy atom. The van der Waals surface area contributed by atoms with E-state index in [0.717, 1.165) is 25.7 Å². The predicted molar refractivity (Wildman–Crippen MR) is 51.7 cm³/mol. The molecule has 0 heterocycles. The molecule has 0 spiro atoms. The van der Waals surface area contributed by atoms with Crippen molar-refractivity contribution in [3.05, 3.63) is 35.5 Å². The molecule has 0 amide bonds. The maximum Gasteiger partial charge on any atom is 0.0117 e. The van der Waals surface area contributed by atoms with Crippen molar-refractivity contribution in [3.8, 4) is 0 Å². The van der Waals surface area contributed by atoms with Crippen LogP contribution in [0, 0.1) is 0 Å². The van der Waals surface area contributed by atoms with Crippen molar-refractivity contribution in [2.45, 2.75) is 31.7 Å². The molecular weight excluding hydrogens is 146 g/mol. The van der Waals surface area contributed by atoms with Crippen molar-refractivity contribution in [1.82, 2.24) is 0 Å². The molecule has 0 fully saturated rings. The summed E-state index contributed by atoms with van der Waals surface area (Å²) >= 11 is 0. The Hall–Kier alpha value is -0.820. The van der Waals surface area contributed by atoms with Crippen LogP contribution in [0.3, 0.4) is 0 Å². The lowest BCUT2D eigenvalue weighted by Crippen LogP contribution is -2.15. The van der Waals surface area contributed by atoms with Crippen LogP contribution >= 0.6 is 0 Å². The summed E-state index contributed by atoms with van der Waals surface area (Å²) in [5.74, 6) is 0. The zero-order valence-electron chi connectivity index (χ0n) is 7.29. The molecule has 0 aromatic rings. The van der Waals surface area contributed by atoms with Crippen LogP contribution in [0.2, 0.25) is 0 Å². The summed E-state index contributed by atoms with van der Waals surface area (Å²) in [5.41, 5.74) is 8.94. The minimum absolute atomic E-state index is 0.381. The second-order valence-corrected chi connectivity index (χ2v) is 3.61. The molecule has 0 saturated heterocycles. The molecule has 2 N–H and O–H groups in total. The Labute approximate surface area is 73.6 Å². The minimum atomic E-state index is 0.381. The van der Waals surface area contributed by atoms with Crippen molar-refractivity contribution in [1.29, 1.82) is 0 Å². The molecule has 0 aromatic heterocycles. The average molecular weight is 161 g/mol. The Morgan fingerprint density at radius 3 is 3.00 bits per heavy atom. The number of nitrogens with two attached hydrogens (primary N) is 1. The monoisotopic (exact) mass is 161 g/mol. The SMILES string of the molecule is NC1CC2=C(C/C=C\C/C=C\2)C1. The van der Waals surface area contributed by atoms with E-state index < -0.39 is 0 Å². The Kier molecular flexibility index (Phi) is 2.13. The van der Waals surface area contributed by atoms with Crippen molar-refractivity contribution in [2.24, 2.45) is 5.73 Å². The lowest BCUT2D eigenvalue weighted by Gasteiger charge is -2.01. The highest BCUT2D eigenvalue weighted by Gasteiger charge is 2.18. The second-order valence-electron chi connectivity index (χ2n) is 3.61. The molecule has 2 rings (SSSR count). The first kappa shape index (κ1) is 7.81. The molecule has 64 valence electrons. The van der Waals surface area contributed by atoms with Gasteiger partial charge in [0.2, 0.25) is 0 Å². The van der Waals surface area contributed by atoms with Gasteiger partial charge in [0.1, 0.15) is 0 Å². The van der Waals surface area contributed by atoms with Gasteiger partial charge in [0.05, 0.1) is 0 Å². The fourth-order valence-corrected chi connectivity index (χ4v) is 1.96. The van der Waals surface area contributed by atoms with E-state index in [2.05, 4.69) is 24.3 Å². The lowest BCUT2D eigenvalue weighted by atomic mass is 10.0. The summed E-state index contributed by atoms with van der Waals surface area (Å²) in [6, 6.07) is 0.381. The van der Waals surface area contributed by atoms with Gasteiger partial charge in [-0.1, -0.05) is 29.9 Å². The van der Waals surface area contributed by atoms with Gasteiger partial charge in [-0.2, -0.15) is 0 Å². The van der Waals surface area contributed by atoms with E-state index in [0.29, 0.717) is 6.04 Å². The van der Waals surface area contributed by atoms with Gasteiger partial charge in [-0.3, -0.25) is 0 Å². The molecule has 1 unspecified atom stereocenters. The van der Waals surface area contributed by atoms with Crippen LogP contribution in [0.1, 0.15) is 25.7 Å².